The molecule has 0 saturated carbocycles. The summed E-state index contributed by atoms with van der Waals surface area (Å²) in [5, 5.41) is -0.121. The van der Waals surface area contributed by atoms with Crippen LogP contribution in [0.3, 0.4) is 0 Å². The van der Waals surface area contributed by atoms with E-state index in [-0.39, 0.29) is 30.7 Å². The van der Waals surface area contributed by atoms with E-state index in [4.69, 9.17) is 11.6 Å². The van der Waals surface area contributed by atoms with Crippen molar-refractivity contribution < 1.29 is 16.8 Å². The average Bonchev–Trinajstić information content (AvgIpc) is 3.02. The van der Waals surface area contributed by atoms with Gasteiger partial charge in [-0.05, 0) is 30.3 Å². The van der Waals surface area contributed by atoms with Gasteiger partial charge in [-0.25, -0.2) is 20.8 Å². The fraction of sp³-hybridized carbons (Fsp3) is 0. The van der Waals surface area contributed by atoms with Crippen LogP contribution in [0.2, 0.25) is 5.15 Å². The lowest BCUT2D eigenvalue weighted by atomic mass is 10.2. The molecule has 0 fully saturated rings. The quantitative estimate of drug-likeness (QED) is 0.481. The molecule has 4 aromatic rings. The van der Waals surface area contributed by atoms with Crippen LogP contribution in [0.5, 0.6) is 0 Å². The Morgan fingerprint density at radius 3 is 1.75 bits per heavy atom. The molecular weight excluding hydrogens is 418 g/mol. The molecule has 0 aliphatic carbocycles. The predicted molar refractivity (Wildman–Crippen MR) is 108 cm³/mol. The van der Waals surface area contributed by atoms with Gasteiger partial charge >= 0.3 is 0 Å². The molecule has 28 heavy (non-hydrogen) atoms. The van der Waals surface area contributed by atoms with E-state index in [1.807, 2.05) is 0 Å². The molecule has 3 aromatic carbocycles. The summed E-state index contributed by atoms with van der Waals surface area (Å²) >= 11 is 6.43. The van der Waals surface area contributed by atoms with Gasteiger partial charge < -0.3 is 0 Å². The van der Waals surface area contributed by atoms with Crippen LogP contribution in [0.1, 0.15) is 0 Å². The van der Waals surface area contributed by atoms with Gasteiger partial charge in [0.1, 0.15) is 10.0 Å². The molecule has 0 N–H and O–H groups in total. The molecule has 5 nitrogen and oxygen atoms in total. The molecule has 0 amide bonds. The number of para-hydroxylation sites is 1. The van der Waals surface area contributed by atoms with Crippen molar-refractivity contribution in [3.05, 3.63) is 90.1 Å². The van der Waals surface area contributed by atoms with Gasteiger partial charge in [-0.1, -0.05) is 66.2 Å². The highest BCUT2D eigenvalue weighted by Crippen LogP contribution is 2.39. The first kappa shape index (κ1) is 18.7. The van der Waals surface area contributed by atoms with E-state index >= 15 is 0 Å². The van der Waals surface area contributed by atoms with Gasteiger partial charge in [0.15, 0.2) is 0 Å². The number of sulfone groups is 1. The van der Waals surface area contributed by atoms with Gasteiger partial charge in [-0.15, -0.1) is 0 Å². The normalized spacial score (nSPS) is 12.3. The van der Waals surface area contributed by atoms with Crippen molar-refractivity contribution in [2.24, 2.45) is 0 Å². The maximum absolute atomic E-state index is 13.3. The zero-order valence-corrected chi connectivity index (χ0v) is 16.7. The highest BCUT2D eigenvalue weighted by Gasteiger charge is 2.32. The van der Waals surface area contributed by atoms with Gasteiger partial charge in [-0.2, -0.15) is 0 Å². The van der Waals surface area contributed by atoms with E-state index in [1.54, 1.807) is 54.6 Å². The maximum atomic E-state index is 13.3. The molecule has 1 aromatic heterocycles. The van der Waals surface area contributed by atoms with Gasteiger partial charge in [-0.3, -0.25) is 0 Å². The molecule has 1 heterocycles. The summed E-state index contributed by atoms with van der Waals surface area (Å²) in [5.74, 6) is 0. The van der Waals surface area contributed by atoms with Crippen LogP contribution in [0.25, 0.3) is 10.9 Å². The summed E-state index contributed by atoms with van der Waals surface area (Å²) in [6.45, 7) is 0. The monoisotopic (exact) mass is 431 g/mol. The van der Waals surface area contributed by atoms with E-state index in [1.165, 1.54) is 30.3 Å². The van der Waals surface area contributed by atoms with E-state index in [0.717, 1.165) is 3.97 Å². The Morgan fingerprint density at radius 1 is 0.643 bits per heavy atom. The Kier molecular flexibility index (Phi) is 4.53. The molecular formula is C20H14ClNO4S2. The molecule has 0 radical (unpaired) electrons. The van der Waals surface area contributed by atoms with Crippen LogP contribution in [-0.4, -0.2) is 20.8 Å². The van der Waals surface area contributed by atoms with Crippen LogP contribution in [0.4, 0.5) is 0 Å². The summed E-state index contributed by atoms with van der Waals surface area (Å²) in [4.78, 5) is -0.173. The van der Waals surface area contributed by atoms with Gasteiger partial charge in [0, 0.05) is 5.39 Å². The lowest BCUT2D eigenvalue weighted by Gasteiger charge is -2.09. The van der Waals surface area contributed by atoms with E-state index in [9.17, 15) is 16.8 Å². The summed E-state index contributed by atoms with van der Waals surface area (Å²) in [7, 11) is -8.13. The third kappa shape index (κ3) is 2.83. The molecule has 0 bridgehead atoms. The summed E-state index contributed by atoms with van der Waals surface area (Å²) in [6.07, 6.45) is 0. The molecule has 4 rings (SSSR count). The van der Waals surface area contributed by atoms with Crippen molar-refractivity contribution in [2.75, 3.05) is 0 Å². The average molecular weight is 432 g/mol. The minimum atomic E-state index is -4.10. The Morgan fingerprint density at radius 2 is 1.14 bits per heavy atom. The molecule has 0 unspecified atom stereocenters. The second kappa shape index (κ2) is 6.77. The molecule has 0 saturated heterocycles. The second-order valence-corrected chi connectivity index (χ2v) is 10.1. The van der Waals surface area contributed by atoms with Crippen molar-refractivity contribution >= 4 is 42.4 Å². The van der Waals surface area contributed by atoms with Crippen LogP contribution in [0, 0.1) is 0 Å². The molecule has 0 spiro atoms. The number of halogens is 1. The number of aromatic nitrogens is 1. The second-order valence-electron chi connectivity index (χ2n) is 6.04. The van der Waals surface area contributed by atoms with Crippen molar-refractivity contribution in [1.29, 1.82) is 0 Å². The van der Waals surface area contributed by atoms with Crippen LogP contribution in [0.15, 0.2) is 99.6 Å². The molecule has 0 aliphatic heterocycles. The van der Waals surface area contributed by atoms with E-state index < -0.39 is 19.9 Å². The first-order valence-corrected chi connectivity index (χ1v) is 11.5. The maximum Gasteiger partial charge on any atom is 0.269 e. The molecule has 0 aliphatic rings. The van der Waals surface area contributed by atoms with Gasteiger partial charge in [0.2, 0.25) is 9.84 Å². The summed E-state index contributed by atoms with van der Waals surface area (Å²) < 4.78 is 53.8. The third-order valence-corrected chi connectivity index (χ3v) is 8.48. The SMILES string of the molecule is O=S(=O)(c1ccccc1)c1c(Cl)n(S(=O)(=O)c2ccccc2)c2ccccc12. The van der Waals surface area contributed by atoms with Crippen LogP contribution in [-0.2, 0) is 19.9 Å². The molecule has 142 valence electrons. The Labute approximate surface area is 167 Å². The van der Waals surface area contributed by atoms with Crippen molar-refractivity contribution in [1.82, 2.24) is 3.97 Å². The zero-order chi connectivity index (χ0) is 19.9. The zero-order valence-electron chi connectivity index (χ0n) is 14.4. The fourth-order valence-corrected chi connectivity index (χ4v) is 6.84. The highest BCUT2D eigenvalue weighted by atomic mass is 35.5. The van der Waals surface area contributed by atoms with Crippen LogP contribution < -0.4 is 0 Å². The van der Waals surface area contributed by atoms with E-state index in [2.05, 4.69) is 0 Å². The number of hydrogen-bond donors (Lipinski definition) is 0. The van der Waals surface area contributed by atoms with Gasteiger partial charge in [0.05, 0.1) is 15.3 Å². The van der Waals surface area contributed by atoms with Crippen molar-refractivity contribution in [3.63, 3.8) is 0 Å². The fourth-order valence-electron chi connectivity index (χ4n) is 3.06. The molecule has 8 heteroatoms. The standard InChI is InChI=1S/C20H14ClNO4S2/c21-20-19(27(23,24)15-9-3-1-4-10-15)17-13-7-8-14-18(17)22(20)28(25,26)16-11-5-2-6-12-16/h1-14H. The minimum Gasteiger partial charge on any atom is -0.222 e. The predicted octanol–water partition coefficient (Wildman–Crippen LogP) is 4.36. The first-order valence-electron chi connectivity index (χ1n) is 8.25. The number of nitrogens with zero attached hydrogens (tertiary/aromatic N) is 1. The minimum absolute atomic E-state index is 0.0151. The summed E-state index contributed by atoms with van der Waals surface area (Å²) in [6, 6.07) is 21.9. The lowest BCUT2D eigenvalue weighted by molar-refractivity contribution is 0.588. The third-order valence-electron chi connectivity index (χ3n) is 4.34. The van der Waals surface area contributed by atoms with Crippen molar-refractivity contribution in [3.8, 4) is 0 Å². The number of rotatable bonds is 4. The van der Waals surface area contributed by atoms with E-state index in [0.29, 0.717) is 0 Å². The Balaban J connectivity index is 2.09. The van der Waals surface area contributed by atoms with Gasteiger partial charge in [0.25, 0.3) is 10.0 Å². The number of fused-ring (bicyclic) bond motifs is 1. The highest BCUT2D eigenvalue weighted by molar-refractivity contribution is 7.92. The topological polar surface area (TPSA) is 73.2 Å². The molecule has 0 atom stereocenters. The summed E-state index contributed by atoms with van der Waals surface area (Å²) in [5.41, 5.74) is 0.200. The van der Waals surface area contributed by atoms with Crippen molar-refractivity contribution in [2.45, 2.75) is 14.7 Å². The number of hydrogen-bond acceptors (Lipinski definition) is 4. The largest absolute Gasteiger partial charge is 0.269 e. The van der Waals surface area contributed by atoms with Crippen LogP contribution >= 0.6 is 11.6 Å². The Bertz CT molecular complexity index is 1270. The lowest BCUT2D eigenvalue weighted by Crippen LogP contribution is -2.13. The Hall–Kier alpha value is -2.61. The number of benzene rings is 3. The smallest absolute Gasteiger partial charge is 0.222 e. The first-order chi connectivity index (χ1) is 13.3.